The first-order valence-corrected chi connectivity index (χ1v) is 10.6. The lowest BCUT2D eigenvalue weighted by Crippen LogP contribution is -2.30. The number of benzene rings is 2. The maximum atomic E-state index is 12.4. The Morgan fingerprint density at radius 3 is 2.34 bits per heavy atom. The van der Waals surface area contributed by atoms with Gasteiger partial charge in [-0.25, -0.2) is 4.98 Å². The topological polar surface area (TPSA) is 79.0 Å². The summed E-state index contributed by atoms with van der Waals surface area (Å²) in [5.41, 5.74) is 2.96. The van der Waals surface area contributed by atoms with Gasteiger partial charge in [0, 0.05) is 18.8 Å². The van der Waals surface area contributed by atoms with Gasteiger partial charge in [-0.1, -0.05) is 36.0 Å². The molecule has 7 heteroatoms. The zero-order valence-corrected chi connectivity index (χ0v) is 16.7. The molecule has 0 spiro atoms. The number of carbonyl (C=O) groups is 2. The molecule has 0 saturated carbocycles. The zero-order valence-electron chi connectivity index (χ0n) is 15.9. The van der Waals surface area contributed by atoms with Crippen molar-refractivity contribution in [2.75, 3.05) is 12.3 Å². The second-order valence-electron chi connectivity index (χ2n) is 6.81. The van der Waals surface area contributed by atoms with Crippen LogP contribution >= 0.6 is 11.8 Å². The fraction of sp³-hybridized carbons (Fsp3) is 0.273. The van der Waals surface area contributed by atoms with Crippen LogP contribution in [0.5, 0.6) is 0 Å². The Bertz CT molecular complexity index is 1080. The van der Waals surface area contributed by atoms with Crippen molar-refractivity contribution in [1.82, 2.24) is 14.5 Å². The van der Waals surface area contributed by atoms with Gasteiger partial charge in [0.2, 0.25) is 0 Å². The van der Waals surface area contributed by atoms with Crippen molar-refractivity contribution in [2.45, 2.75) is 31.0 Å². The molecule has 1 aliphatic rings. The SMILES string of the molecule is N#CCCn1c(SCCCCN2C(=O)c3ccccc3C2=O)nc2ccccc21. The molecule has 29 heavy (non-hydrogen) atoms. The maximum absolute atomic E-state index is 12.4. The number of rotatable bonds is 8. The quantitative estimate of drug-likeness (QED) is 0.321. The second-order valence-corrected chi connectivity index (χ2v) is 7.87. The van der Waals surface area contributed by atoms with Gasteiger partial charge in [-0.3, -0.25) is 14.5 Å². The van der Waals surface area contributed by atoms with E-state index in [4.69, 9.17) is 5.26 Å². The van der Waals surface area contributed by atoms with E-state index in [-0.39, 0.29) is 11.8 Å². The summed E-state index contributed by atoms with van der Waals surface area (Å²) >= 11 is 1.65. The lowest BCUT2D eigenvalue weighted by molar-refractivity contribution is 0.0652. The number of imide groups is 1. The highest BCUT2D eigenvalue weighted by Crippen LogP contribution is 2.26. The van der Waals surface area contributed by atoms with Crippen molar-refractivity contribution in [3.05, 3.63) is 59.7 Å². The van der Waals surface area contributed by atoms with Crippen molar-refractivity contribution in [3.8, 4) is 6.07 Å². The molecule has 1 aliphatic heterocycles. The molecule has 2 heterocycles. The smallest absolute Gasteiger partial charge is 0.261 e. The molecule has 0 bridgehead atoms. The fourth-order valence-corrected chi connectivity index (χ4v) is 4.56. The Balaban J connectivity index is 1.33. The minimum absolute atomic E-state index is 0.198. The summed E-state index contributed by atoms with van der Waals surface area (Å²) in [5, 5.41) is 9.84. The third-order valence-electron chi connectivity index (χ3n) is 4.95. The molecule has 3 aromatic rings. The molecule has 146 valence electrons. The fourth-order valence-electron chi connectivity index (χ4n) is 3.52. The van der Waals surface area contributed by atoms with E-state index in [1.165, 1.54) is 4.90 Å². The highest BCUT2D eigenvalue weighted by molar-refractivity contribution is 7.99. The average Bonchev–Trinajstić information content (AvgIpc) is 3.22. The van der Waals surface area contributed by atoms with Crippen LogP contribution in [0.2, 0.25) is 0 Å². The number of hydrogen-bond acceptors (Lipinski definition) is 5. The van der Waals surface area contributed by atoms with Crippen LogP contribution < -0.4 is 0 Å². The summed E-state index contributed by atoms with van der Waals surface area (Å²) in [6.07, 6.45) is 2.05. The zero-order chi connectivity index (χ0) is 20.2. The number of nitrogens with zero attached hydrogens (tertiary/aromatic N) is 4. The molecule has 0 fully saturated rings. The number of nitriles is 1. The number of aryl methyl sites for hydroxylation is 1. The molecule has 1 aromatic heterocycles. The van der Waals surface area contributed by atoms with Gasteiger partial charge >= 0.3 is 0 Å². The highest BCUT2D eigenvalue weighted by Gasteiger charge is 2.34. The number of hydrogen-bond donors (Lipinski definition) is 0. The Morgan fingerprint density at radius 2 is 1.62 bits per heavy atom. The van der Waals surface area contributed by atoms with E-state index < -0.39 is 0 Å². The van der Waals surface area contributed by atoms with Crippen LogP contribution in [0.25, 0.3) is 11.0 Å². The summed E-state index contributed by atoms with van der Waals surface area (Å²) in [4.78, 5) is 30.8. The molecule has 0 N–H and O–H groups in total. The number of aromatic nitrogens is 2. The predicted octanol–water partition coefficient (Wildman–Crippen LogP) is 4.12. The number of unbranched alkanes of at least 4 members (excludes halogenated alkanes) is 1. The van der Waals surface area contributed by atoms with E-state index in [1.54, 1.807) is 36.0 Å². The van der Waals surface area contributed by atoms with Crippen LogP contribution in [0.1, 0.15) is 40.0 Å². The van der Waals surface area contributed by atoms with Crippen molar-refractivity contribution >= 4 is 34.6 Å². The first-order chi connectivity index (χ1) is 14.2. The van der Waals surface area contributed by atoms with Crippen LogP contribution in [0, 0.1) is 11.3 Å². The van der Waals surface area contributed by atoms with E-state index in [2.05, 4.69) is 15.6 Å². The Kier molecular flexibility index (Phi) is 5.63. The predicted molar refractivity (Wildman–Crippen MR) is 112 cm³/mol. The van der Waals surface area contributed by atoms with Crippen LogP contribution in [0.4, 0.5) is 0 Å². The molecule has 6 nitrogen and oxygen atoms in total. The molecule has 2 amide bonds. The summed E-state index contributed by atoms with van der Waals surface area (Å²) < 4.78 is 2.09. The van der Waals surface area contributed by atoms with E-state index in [0.717, 1.165) is 34.8 Å². The van der Waals surface area contributed by atoms with Crippen molar-refractivity contribution in [1.29, 1.82) is 5.26 Å². The standard InChI is InChI=1S/C22H20N4O2S/c23-12-7-14-25-19-11-4-3-10-18(19)24-22(25)29-15-6-5-13-26-20(27)16-8-1-2-9-17(16)21(26)28/h1-4,8-11H,5-7,13-15H2. The number of fused-ring (bicyclic) bond motifs is 2. The van der Waals surface area contributed by atoms with Gasteiger partial charge in [0.15, 0.2) is 5.16 Å². The molecule has 0 unspecified atom stereocenters. The van der Waals surface area contributed by atoms with Crippen LogP contribution in [0.15, 0.2) is 53.7 Å². The summed E-state index contributed by atoms with van der Waals surface area (Å²) in [7, 11) is 0. The van der Waals surface area contributed by atoms with Gasteiger partial charge in [0.1, 0.15) is 0 Å². The minimum Gasteiger partial charge on any atom is -0.318 e. The van der Waals surface area contributed by atoms with E-state index >= 15 is 0 Å². The van der Waals surface area contributed by atoms with Gasteiger partial charge in [-0.15, -0.1) is 0 Å². The van der Waals surface area contributed by atoms with Gasteiger partial charge in [-0.2, -0.15) is 5.26 Å². The minimum atomic E-state index is -0.198. The normalized spacial score (nSPS) is 13.1. The van der Waals surface area contributed by atoms with Crippen molar-refractivity contribution < 1.29 is 9.59 Å². The van der Waals surface area contributed by atoms with Gasteiger partial charge in [-0.05, 0) is 37.1 Å². The second kappa shape index (κ2) is 8.50. The monoisotopic (exact) mass is 404 g/mol. The number of amides is 2. The lowest BCUT2D eigenvalue weighted by atomic mass is 10.1. The molecule has 2 aromatic carbocycles. The van der Waals surface area contributed by atoms with Gasteiger partial charge in [0.05, 0.1) is 34.7 Å². The van der Waals surface area contributed by atoms with E-state index in [1.807, 2.05) is 24.3 Å². The molecule has 0 aliphatic carbocycles. The van der Waals surface area contributed by atoms with Crippen LogP contribution in [-0.2, 0) is 6.54 Å². The Hall–Kier alpha value is -3.11. The Labute approximate surface area is 173 Å². The molecule has 0 radical (unpaired) electrons. The summed E-state index contributed by atoms with van der Waals surface area (Å²) in [5.74, 6) is 0.437. The first-order valence-electron chi connectivity index (χ1n) is 9.61. The van der Waals surface area contributed by atoms with Crippen molar-refractivity contribution in [3.63, 3.8) is 0 Å². The lowest BCUT2D eigenvalue weighted by Gasteiger charge is -2.13. The van der Waals surface area contributed by atoms with E-state index in [0.29, 0.717) is 30.6 Å². The number of imidazole rings is 1. The number of para-hydroxylation sites is 2. The number of thioether (sulfide) groups is 1. The van der Waals surface area contributed by atoms with Crippen LogP contribution in [-0.4, -0.2) is 38.6 Å². The molecule has 0 atom stereocenters. The summed E-state index contributed by atoms with van der Waals surface area (Å²) in [6, 6.07) is 17.1. The van der Waals surface area contributed by atoms with Gasteiger partial charge < -0.3 is 4.57 Å². The maximum Gasteiger partial charge on any atom is 0.261 e. The summed E-state index contributed by atoms with van der Waals surface area (Å²) in [6.45, 7) is 1.05. The van der Waals surface area contributed by atoms with Crippen LogP contribution in [0.3, 0.4) is 0 Å². The van der Waals surface area contributed by atoms with Crippen molar-refractivity contribution in [2.24, 2.45) is 0 Å². The number of carbonyl (C=O) groups excluding carboxylic acids is 2. The molecular weight excluding hydrogens is 384 g/mol. The highest BCUT2D eigenvalue weighted by atomic mass is 32.2. The first kappa shape index (κ1) is 19.2. The van der Waals surface area contributed by atoms with Gasteiger partial charge in [0.25, 0.3) is 11.8 Å². The van der Waals surface area contributed by atoms with E-state index in [9.17, 15) is 9.59 Å². The molecule has 4 rings (SSSR count). The third kappa shape index (κ3) is 3.76. The molecule has 0 saturated heterocycles. The largest absolute Gasteiger partial charge is 0.318 e. The molecular formula is C22H20N4O2S. The Morgan fingerprint density at radius 1 is 0.931 bits per heavy atom. The third-order valence-corrected chi connectivity index (χ3v) is 6.01. The average molecular weight is 404 g/mol.